The number of nitriles is 1. The molecule has 0 aliphatic heterocycles. The van der Waals surface area contributed by atoms with Crippen LogP contribution in [0.2, 0.25) is 0 Å². The fourth-order valence-corrected chi connectivity index (χ4v) is 4.23. The van der Waals surface area contributed by atoms with Crippen molar-refractivity contribution in [3.63, 3.8) is 0 Å². The summed E-state index contributed by atoms with van der Waals surface area (Å²) in [5.41, 5.74) is 5.98. The topological polar surface area (TPSA) is 23.8 Å². The van der Waals surface area contributed by atoms with Crippen LogP contribution in [0.15, 0.2) is 42.5 Å². The monoisotopic (exact) mass is 331 g/mol. The molecule has 0 heterocycles. The third-order valence-corrected chi connectivity index (χ3v) is 6.00. The van der Waals surface area contributed by atoms with Crippen molar-refractivity contribution < 1.29 is 0 Å². The molecule has 0 spiro atoms. The highest BCUT2D eigenvalue weighted by Gasteiger charge is 2.19. The van der Waals surface area contributed by atoms with Crippen LogP contribution in [0, 0.1) is 30.1 Å². The Morgan fingerprint density at radius 1 is 0.960 bits per heavy atom. The SMILES string of the molecule is CCC1CCC(CCc2ccc(-c3ccc(C#N)cc3)c(C)c2)CC1. The molecule has 0 saturated heterocycles. The first-order valence-electron chi connectivity index (χ1n) is 9.79. The molecule has 1 aliphatic rings. The molecule has 1 aliphatic carbocycles. The van der Waals surface area contributed by atoms with Crippen LogP contribution in [0.5, 0.6) is 0 Å². The molecule has 0 amide bonds. The lowest BCUT2D eigenvalue weighted by Crippen LogP contribution is -2.14. The first-order valence-corrected chi connectivity index (χ1v) is 9.79. The summed E-state index contributed by atoms with van der Waals surface area (Å²) in [7, 11) is 0. The first-order chi connectivity index (χ1) is 12.2. The Kier molecular flexibility index (Phi) is 5.92. The maximum atomic E-state index is 8.94. The number of aryl methyl sites for hydroxylation is 2. The van der Waals surface area contributed by atoms with E-state index in [-0.39, 0.29) is 0 Å². The summed E-state index contributed by atoms with van der Waals surface area (Å²) in [6.07, 6.45) is 9.65. The second-order valence-electron chi connectivity index (χ2n) is 7.67. The van der Waals surface area contributed by atoms with Gasteiger partial charge in [-0.3, -0.25) is 0 Å². The van der Waals surface area contributed by atoms with Crippen LogP contribution in [0.4, 0.5) is 0 Å². The zero-order valence-corrected chi connectivity index (χ0v) is 15.6. The van der Waals surface area contributed by atoms with Gasteiger partial charge >= 0.3 is 0 Å². The molecule has 2 aromatic rings. The predicted molar refractivity (Wildman–Crippen MR) is 105 cm³/mol. The van der Waals surface area contributed by atoms with E-state index in [0.717, 1.165) is 17.4 Å². The van der Waals surface area contributed by atoms with E-state index in [0.29, 0.717) is 0 Å². The van der Waals surface area contributed by atoms with Gasteiger partial charge in [0.25, 0.3) is 0 Å². The fourth-order valence-electron chi connectivity index (χ4n) is 4.23. The van der Waals surface area contributed by atoms with Crippen molar-refractivity contribution in [2.24, 2.45) is 11.8 Å². The molecule has 1 saturated carbocycles. The standard InChI is InChI=1S/C24H29N/c1-3-19-4-6-20(7-5-19)8-9-21-12-15-24(18(2)16-21)23-13-10-22(17-25)11-14-23/h10-16,19-20H,3-9H2,1-2H3. The van der Waals surface area contributed by atoms with Crippen LogP contribution < -0.4 is 0 Å². The molecule has 25 heavy (non-hydrogen) atoms. The Hall–Kier alpha value is -2.07. The van der Waals surface area contributed by atoms with Gasteiger partial charge in [-0.05, 0) is 66.0 Å². The van der Waals surface area contributed by atoms with Crippen molar-refractivity contribution in [3.05, 3.63) is 59.2 Å². The molecule has 3 rings (SSSR count). The normalized spacial score (nSPS) is 20.2. The average molecular weight is 332 g/mol. The molecule has 0 atom stereocenters. The third kappa shape index (κ3) is 4.51. The minimum absolute atomic E-state index is 0.718. The van der Waals surface area contributed by atoms with Crippen LogP contribution in [-0.4, -0.2) is 0 Å². The molecule has 0 bridgehead atoms. The minimum atomic E-state index is 0.718. The lowest BCUT2D eigenvalue weighted by Gasteiger charge is -2.27. The number of benzene rings is 2. The van der Waals surface area contributed by atoms with Gasteiger partial charge in [0.2, 0.25) is 0 Å². The molecule has 1 nitrogen and oxygen atoms in total. The number of hydrogen-bond donors (Lipinski definition) is 0. The molecule has 1 fully saturated rings. The zero-order valence-electron chi connectivity index (χ0n) is 15.6. The van der Waals surface area contributed by atoms with E-state index in [9.17, 15) is 0 Å². The maximum absolute atomic E-state index is 8.94. The van der Waals surface area contributed by atoms with Crippen molar-refractivity contribution >= 4 is 0 Å². The van der Waals surface area contributed by atoms with Crippen LogP contribution in [0.1, 0.15) is 62.1 Å². The highest BCUT2D eigenvalue weighted by molar-refractivity contribution is 5.68. The van der Waals surface area contributed by atoms with Gasteiger partial charge in [-0.2, -0.15) is 5.26 Å². The highest BCUT2D eigenvalue weighted by atomic mass is 14.3. The lowest BCUT2D eigenvalue weighted by atomic mass is 9.78. The molecular weight excluding hydrogens is 302 g/mol. The van der Waals surface area contributed by atoms with E-state index in [1.807, 2.05) is 24.3 Å². The Balaban J connectivity index is 1.61. The minimum Gasteiger partial charge on any atom is -0.192 e. The van der Waals surface area contributed by atoms with Crippen molar-refractivity contribution in [3.8, 4) is 17.2 Å². The number of hydrogen-bond acceptors (Lipinski definition) is 1. The van der Waals surface area contributed by atoms with Crippen LogP contribution >= 0.6 is 0 Å². The predicted octanol–water partition coefficient (Wildman–Crippen LogP) is 6.68. The van der Waals surface area contributed by atoms with E-state index < -0.39 is 0 Å². The Labute approximate surface area is 152 Å². The summed E-state index contributed by atoms with van der Waals surface area (Å²) >= 11 is 0. The molecule has 0 radical (unpaired) electrons. The van der Waals surface area contributed by atoms with Crippen LogP contribution in [0.3, 0.4) is 0 Å². The molecule has 2 aromatic carbocycles. The molecule has 0 aromatic heterocycles. The van der Waals surface area contributed by atoms with Crippen molar-refractivity contribution in [2.75, 3.05) is 0 Å². The van der Waals surface area contributed by atoms with Gasteiger partial charge in [0.05, 0.1) is 11.6 Å². The van der Waals surface area contributed by atoms with Gasteiger partial charge < -0.3 is 0 Å². The molecule has 0 N–H and O–H groups in total. The highest BCUT2D eigenvalue weighted by Crippen LogP contribution is 2.33. The second kappa shape index (κ2) is 8.34. The Morgan fingerprint density at radius 2 is 1.64 bits per heavy atom. The Bertz CT molecular complexity index is 728. The van der Waals surface area contributed by atoms with E-state index in [4.69, 9.17) is 5.26 Å². The van der Waals surface area contributed by atoms with E-state index in [1.54, 1.807) is 0 Å². The summed E-state index contributed by atoms with van der Waals surface area (Å²) in [6, 6.07) is 17.0. The van der Waals surface area contributed by atoms with Crippen LogP contribution in [-0.2, 0) is 6.42 Å². The average Bonchev–Trinajstić information content (AvgIpc) is 2.67. The summed E-state index contributed by atoms with van der Waals surface area (Å²) in [6.45, 7) is 4.53. The quantitative estimate of drug-likeness (QED) is 0.599. The number of rotatable bonds is 5. The van der Waals surface area contributed by atoms with Gasteiger partial charge in [-0.15, -0.1) is 0 Å². The first kappa shape index (κ1) is 17.7. The van der Waals surface area contributed by atoms with Gasteiger partial charge in [0.15, 0.2) is 0 Å². The summed E-state index contributed by atoms with van der Waals surface area (Å²) in [5, 5.41) is 8.94. The van der Waals surface area contributed by atoms with E-state index >= 15 is 0 Å². The maximum Gasteiger partial charge on any atom is 0.0991 e. The summed E-state index contributed by atoms with van der Waals surface area (Å²) in [4.78, 5) is 0. The molecular formula is C24H29N. The van der Waals surface area contributed by atoms with Crippen molar-refractivity contribution in [1.82, 2.24) is 0 Å². The smallest absolute Gasteiger partial charge is 0.0991 e. The van der Waals surface area contributed by atoms with E-state index in [2.05, 4.69) is 38.1 Å². The largest absolute Gasteiger partial charge is 0.192 e. The second-order valence-corrected chi connectivity index (χ2v) is 7.67. The Morgan fingerprint density at radius 3 is 2.24 bits per heavy atom. The molecule has 130 valence electrons. The van der Waals surface area contributed by atoms with Gasteiger partial charge in [-0.1, -0.05) is 69.4 Å². The summed E-state index contributed by atoms with van der Waals surface area (Å²) in [5.74, 6) is 1.92. The summed E-state index contributed by atoms with van der Waals surface area (Å²) < 4.78 is 0. The lowest BCUT2D eigenvalue weighted by molar-refractivity contribution is 0.259. The fraction of sp³-hybridized carbons (Fsp3) is 0.458. The van der Waals surface area contributed by atoms with Gasteiger partial charge in [0.1, 0.15) is 0 Å². The zero-order chi connectivity index (χ0) is 17.6. The van der Waals surface area contributed by atoms with Gasteiger partial charge in [-0.25, -0.2) is 0 Å². The van der Waals surface area contributed by atoms with Crippen LogP contribution in [0.25, 0.3) is 11.1 Å². The number of nitrogens with zero attached hydrogens (tertiary/aromatic N) is 1. The van der Waals surface area contributed by atoms with Gasteiger partial charge in [0, 0.05) is 0 Å². The van der Waals surface area contributed by atoms with Crippen molar-refractivity contribution in [2.45, 2.75) is 58.8 Å². The van der Waals surface area contributed by atoms with Crippen molar-refractivity contribution in [1.29, 1.82) is 5.26 Å². The third-order valence-electron chi connectivity index (χ3n) is 6.00. The molecule has 0 unspecified atom stereocenters. The van der Waals surface area contributed by atoms with E-state index in [1.165, 1.54) is 67.2 Å². The molecule has 1 heteroatoms.